The van der Waals surface area contributed by atoms with Gasteiger partial charge in [-0.2, -0.15) is 0 Å². The first kappa shape index (κ1) is 16.3. The number of hydrogen-bond acceptors (Lipinski definition) is 5. The minimum atomic E-state index is -2.11. The number of nitrogens with two attached hydrogens (primary N) is 1. The highest BCUT2D eigenvalue weighted by molar-refractivity contribution is 5.93. The number of primary amides is 1. The fourth-order valence-corrected chi connectivity index (χ4v) is 3.37. The maximum atomic E-state index is 11.5. The van der Waals surface area contributed by atoms with E-state index in [1.807, 2.05) is 0 Å². The van der Waals surface area contributed by atoms with Crippen LogP contribution in [0.4, 0.5) is 0 Å². The molecule has 24 heavy (non-hydrogen) atoms. The van der Waals surface area contributed by atoms with Crippen LogP contribution in [0.2, 0.25) is 0 Å². The minimum Gasteiger partial charge on any atom is -0.508 e. The van der Waals surface area contributed by atoms with Gasteiger partial charge in [-0.25, -0.2) is 0 Å². The summed E-state index contributed by atoms with van der Waals surface area (Å²) in [7, 11) is 0. The Morgan fingerprint density at radius 3 is 2.46 bits per heavy atom. The Bertz CT molecular complexity index is 828. The van der Waals surface area contributed by atoms with E-state index in [1.54, 1.807) is 19.1 Å². The smallest absolute Gasteiger partial charge is 0.248 e. The lowest BCUT2D eigenvalue weighted by Gasteiger charge is -2.37. The number of aliphatic hydroxyl groups is 2. The van der Waals surface area contributed by atoms with Crippen molar-refractivity contribution in [3.8, 4) is 11.5 Å². The molecule has 0 spiro atoms. The average Bonchev–Trinajstić information content (AvgIpc) is 2.53. The third-order valence-corrected chi connectivity index (χ3v) is 4.69. The Morgan fingerprint density at radius 1 is 1.17 bits per heavy atom. The molecule has 1 atom stereocenters. The highest BCUT2D eigenvalue weighted by Gasteiger charge is 2.41. The number of fused-ring (bicyclic) bond motifs is 2. The highest BCUT2D eigenvalue weighted by Crippen LogP contribution is 2.47. The van der Waals surface area contributed by atoms with E-state index in [4.69, 9.17) is 5.73 Å². The summed E-state index contributed by atoms with van der Waals surface area (Å²) in [4.78, 5) is 11.5. The van der Waals surface area contributed by atoms with Crippen molar-refractivity contribution in [1.82, 2.24) is 0 Å². The summed E-state index contributed by atoms with van der Waals surface area (Å²) in [6, 6.07) is 7.57. The molecule has 1 amide bonds. The summed E-state index contributed by atoms with van der Waals surface area (Å²) in [6.45, 7) is 1.62. The first-order chi connectivity index (χ1) is 11.3. The number of aromatic hydroxyl groups is 2. The van der Waals surface area contributed by atoms with Gasteiger partial charge in [-0.1, -0.05) is 19.1 Å². The number of carbonyl (C=O) groups excluding carboxylic acids is 1. The van der Waals surface area contributed by atoms with Crippen molar-refractivity contribution in [2.45, 2.75) is 31.5 Å². The van der Waals surface area contributed by atoms with Gasteiger partial charge in [0.1, 0.15) is 11.5 Å². The molecule has 0 fully saturated rings. The summed E-state index contributed by atoms with van der Waals surface area (Å²) in [5.74, 6) is -3.88. The zero-order valence-electron chi connectivity index (χ0n) is 13.2. The van der Waals surface area contributed by atoms with E-state index in [0.717, 1.165) is 0 Å². The van der Waals surface area contributed by atoms with Gasteiger partial charge in [-0.3, -0.25) is 4.79 Å². The van der Waals surface area contributed by atoms with Crippen molar-refractivity contribution in [2.75, 3.05) is 0 Å². The van der Waals surface area contributed by atoms with Crippen LogP contribution in [0.25, 0.3) is 0 Å². The minimum absolute atomic E-state index is 0.0216. The summed E-state index contributed by atoms with van der Waals surface area (Å²) in [6.07, 6.45) is 0.242. The quantitative estimate of drug-likeness (QED) is 0.543. The van der Waals surface area contributed by atoms with Gasteiger partial charge in [0.05, 0.1) is 5.92 Å². The first-order valence-electron chi connectivity index (χ1n) is 7.67. The molecule has 2 aromatic rings. The lowest BCUT2D eigenvalue weighted by molar-refractivity contribution is -0.173. The molecule has 1 unspecified atom stereocenters. The van der Waals surface area contributed by atoms with Crippen LogP contribution >= 0.6 is 0 Å². The molecule has 3 rings (SSSR count). The third kappa shape index (κ3) is 2.40. The van der Waals surface area contributed by atoms with Crippen molar-refractivity contribution in [1.29, 1.82) is 0 Å². The number of rotatable bonds is 3. The molecule has 0 aromatic heterocycles. The molecule has 2 aromatic carbocycles. The van der Waals surface area contributed by atoms with Gasteiger partial charge in [-0.15, -0.1) is 0 Å². The highest BCUT2D eigenvalue weighted by atomic mass is 16.5. The van der Waals surface area contributed by atoms with Gasteiger partial charge in [0.2, 0.25) is 5.91 Å². The van der Waals surface area contributed by atoms with E-state index in [-0.39, 0.29) is 29.9 Å². The maximum absolute atomic E-state index is 11.5. The lowest BCUT2D eigenvalue weighted by atomic mass is 9.72. The second kappa shape index (κ2) is 5.51. The Balaban J connectivity index is 2.33. The second-order valence-electron chi connectivity index (χ2n) is 6.11. The molecule has 126 valence electrons. The number of amides is 1. The Labute approximate surface area is 138 Å². The zero-order valence-corrected chi connectivity index (χ0v) is 13.2. The maximum Gasteiger partial charge on any atom is 0.248 e. The number of phenols is 2. The Morgan fingerprint density at radius 2 is 1.83 bits per heavy atom. The molecule has 6 heteroatoms. The number of hydrogen-bond donors (Lipinski definition) is 5. The van der Waals surface area contributed by atoms with Gasteiger partial charge in [-0.05, 0) is 35.7 Å². The molecule has 0 saturated carbocycles. The molecule has 0 heterocycles. The lowest BCUT2D eigenvalue weighted by Crippen LogP contribution is -2.38. The summed E-state index contributed by atoms with van der Waals surface area (Å²) in [5, 5.41) is 41.5. The van der Waals surface area contributed by atoms with Gasteiger partial charge in [0.25, 0.3) is 0 Å². The molecule has 0 bridgehead atoms. The molecule has 0 saturated heterocycles. The van der Waals surface area contributed by atoms with Crippen LogP contribution in [-0.4, -0.2) is 32.1 Å². The molecular formula is C18H19NO5. The van der Waals surface area contributed by atoms with Crippen LogP contribution in [0.5, 0.6) is 11.5 Å². The Hall–Kier alpha value is -2.57. The number of carbonyl (C=O) groups is 1. The number of benzene rings is 2. The summed E-state index contributed by atoms with van der Waals surface area (Å²) in [5.41, 5.74) is 7.34. The summed E-state index contributed by atoms with van der Waals surface area (Å²) < 4.78 is 0. The van der Waals surface area contributed by atoms with Gasteiger partial charge < -0.3 is 26.2 Å². The second-order valence-corrected chi connectivity index (χ2v) is 6.11. The van der Waals surface area contributed by atoms with Crippen molar-refractivity contribution in [3.05, 3.63) is 58.1 Å². The third-order valence-electron chi connectivity index (χ3n) is 4.69. The van der Waals surface area contributed by atoms with E-state index in [2.05, 4.69) is 0 Å². The van der Waals surface area contributed by atoms with Crippen molar-refractivity contribution < 1.29 is 25.2 Å². The van der Waals surface area contributed by atoms with Crippen LogP contribution in [0.3, 0.4) is 0 Å². The molecule has 6 N–H and O–H groups in total. The monoisotopic (exact) mass is 329 g/mol. The fraction of sp³-hybridized carbons (Fsp3) is 0.278. The van der Waals surface area contributed by atoms with Crippen LogP contribution in [-0.2, 0) is 6.42 Å². The van der Waals surface area contributed by atoms with E-state index >= 15 is 0 Å². The normalized spacial score (nSPS) is 16.4. The summed E-state index contributed by atoms with van der Waals surface area (Å²) >= 11 is 0. The van der Waals surface area contributed by atoms with Gasteiger partial charge in [0, 0.05) is 23.1 Å². The topological polar surface area (TPSA) is 124 Å². The fourth-order valence-electron chi connectivity index (χ4n) is 3.37. The first-order valence-corrected chi connectivity index (χ1v) is 7.67. The van der Waals surface area contributed by atoms with Gasteiger partial charge in [0.15, 0.2) is 5.79 Å². The number of phenolic OH excluding ortho intramolecular Hbond substituents is 2. The van der Waals surface area contributed by atoms with Crippen LogP contribution in [0.15, 0.2) is 30.3 Å². The van der Waals surface area contributed by atoms with Crippen molar-refractivity contribution >= 4 is 5.91 Å². The van der Waals surface area contributed by atoms with E-state index in [9.17, 15) is 25.2 Å². The SMILES string of the molecule is CCC(O)(O)C1c2cccc(O)c2Cc2c(O)cc(C(N)=O)cc21. The zero-order chi connectivity index (χ0) is 17.6. The van der Waals surface area contributed by atoms with Crippen LogP contribution in [0, 0.1) is 0 Å². The van der Waals surface area contributed by atoms with Crippen LogP contribution < -0.4 is 5.73 Å². The van der Waals surface area contributed by atoms with E-state index in [1.165, 1.54) is 18.2 Å². The van der Waals surface area contributed by atoms with E-state index in [0.29, 0.717) is 22.3 Å². The molecule has 1 aliphatic carbocycles. The van der Waals surface area contributed by atoms with Crippen molar-refractivity contribution in [3.63, 3.8) is 0 Å². The predicted octanol–water partition coefficient (Wildman–Crippen LogP) is 1.32. The standard InChI is InChI=1S/C18H19NO5/c1-2-18(23,24)16-10-4-3-5-14(20)11(10)8-12-13(16)6-9(17(19)22)7-15(12)21/h3-7,16,20-21,23-24H,2,8H2,1H3,(H2,19,22). The van der Waals surface area contributed by atoms with E-state index < -0.39 is 17.6 Å². The molecule has 0 aliphatic heterocycles. The molecule has 0 radical (unpaired) electrons. The van der Waals surface area contributed by atoms with Gasteiger partial charge >= 0.3 is 0 Å². The Kier molecular flexibility index (Phi) is 3.74. The van der Waals surface area contributed by atoms with Crippen molar-refractivity contribution in [2.24, 2.45) is 5.73 Å². The molecular weight excluding hydrogens is 310 g/mol. The van der Waals surface area contributed by atoms with Crippen LogP contribution in [0.1, 0.15) is 51.9 Å². The predicted molar refractivity (Wildman–Crippen MR) is 86.8 cm³/mol. The molecule has 6 nitrogen and oxygen atoms in total. The largest absolute Gasteiger partial charge is 0.508 e. The molecule has 1 aliphatic rings. The average molecular weight is 329 g/mol.